The van der Waals surface area contributed by atoms with Crippen LogP contribution in [0.5, 0.6) is 5.75 Å². The van der Waals surface area contributed by atoms with Crippen molar-refractivity contribution in [3.8, 4) is 28.1 Å². The molecule has 1 aromatic carbocycles. The Balaban J connectivity index is 1.24. The molecule has 1 unspecified atom stereocenters. The number of hydrogen-bond donors (Lipinski definition) is 2. The molecule has 0 radical (unpaired) electrons. The molecule has 0 aliphatic carbocycles. The van der Waals surface area contributed by atoms with Crippen molar-refractivity contribution in [2.75, 3.05) is 12.8 Å². The molecule has 2 aliphatic rings. The van der Waals surface area contributed by atoms with Gasteiger partial charge in [0.1, 0.15) is 12.1 Å². The average molecular weight is 600 g/mol. The van der Waals surface area contributed by atoms with Gasteiger partial charge in [-0.15, -0.1) is 10.2 Å². The van der Waals surface area contributed by atoms with Gasteiger partial charge in [0, 0.05) is 40.9 Å². The zero-order valence-corrected chi connectivity index (χ0v) is 23.8. The van der Waals surface area contributed by atoms with Crippen molar-refractivity contribution < 1.29 is 23.1 Å². The fraction of sp³-hybridized carbons (Fsp3) is 0.300. The van der Waals surface area contributed by atoms with Crippen LogP contribution in [0.4, 0.5) is 14.6 Å². The number of benzene rings is 1. The summed E-state index contributed by atoms with van der Waals surface area (Å²) in [5.74, 6) is -2.23. The molecule has 12 nitrogen and oxygen atoms in total. The third-order valence-corrected chi connectivity index (χ3v) is 8.61. The number of H-pyrrole nitrogens is 1. The summed E-state index contributed by atoms with van der Waals surface area (Å²) in [6.07, 6.45) is 7.46. The average Bonchev–Trinajstić information content (AvgIpc) is 3.75. The number of fused-ring (bicyclic) bond motifs is 3. The number of aromatic amines is 1. The molecule has 2 saturated heterocycles. The summed E-state index contributed by atoms with van der Waals surface area (Å²) in [5, 5.41) is 12.1. The molecule has 1 amide bonds. The fourth-order valence-electron chi connectivity index (χ4n) is 6.68. The van der Waals surface area contributed by atoms with Crippen LogP contribution < -0.4 is 10.5 Å². The maximum Gasteiger partial charge on any atom is 0.292 e. The van der Waals surface area contributed by atoms with Gasteiger partial charge in [-0.2, -0.15) is 9.61 Å². The van der Waals surface area contributed by atoms with Crippen LogP contribution in [-0.2, 0) is 0 Å². The topological polar surface area (TPSA) is 157 Å². The van der Waals surface area contributed by atoms with Crippen molar-refractivity contribution in [3.63, 3.8) is 0 Å². The van der Waals surface area contributed by atoms with Crippen molar-refractivity contribution in [2.24, 2.45) is 0 Å². The van der Waals surface area contributed by atoms with E-state index in [1.165, 1.54) is 24.9 Å². The highest BCUT2D eigenvalue weighted by atomic mass is 19.1. The van der Waals surface area contributed by atoms with Gasteiger partial charge in [0.15, 0.2) is 28.8 Å². The van der Waals surface area contributed by atoms with E-state index < -0.39 is 17.4 Å². The molecule has 44 heavy (non-hydrogen) atoms. The molecule has 224 valence electrons. The lowest BCUT2D eigenvalue weighted by Crippen LogP contribution is -2.46. The number of nitrogens with two attached hydrogens (primary N) is 1. The highest BCUT2D eigenvalue weighted by molar-refractivity contribution is 6.00. The Bertz CT molecular complexity index is 1890. The Morgan fingerprint density at radius 2 is 1.80 bits per heavy atom. The molecule has 6 heterocycles. The first-order chi connectivity index (χ1) is 21.2. The number of Topliss-reactive ketones (excluding diaryl/α,β-unsaturated/α-hetero) is 1. The summed E-state index contributed by atoms with van der Waals surface area (Å²) >= 11 is 0. The second kappa shape index (κ2) is 10.5. The fourth-order valence-corrected chi connectivity index (χ4v) is 6.68. The molecule has 2 bridgehead atoms. The van der Waals surface area contributed by atoms with Gasteiger partial charge in [0.05, 0.1) is 30.3 Å². The number of nitrogens with zero attached hydrogens (tertiary/aromatic N) is 7. The highest BCUT2D eigenvalue weighted by Crippen LogP contribution is 2.45. The molecule has 5 aromatic rings. The molecule has 0 saturated carbocycles. The van der Waals surface area contributed by atoms with Crippen LogP contribution in [0.3, 0.4) is 0 Å². The number of ether oxygens (including phenoxy) is 1. The molecule has 2 fully saturated rings. The monoisotopic (exact) mass is 599 g/mol. The van der Waals surface area contributed by atoms with Gasteiger partial charge in [0.2, 0.25) is 5.82 Å². The van der Waals surface area contributed by atoms with Crippen LogP contribution >= 0.6 is 0 Å². The largest absolute Gasteiger partial charge is 0.491 e. The lowest BCUT2D eigenvalue weighted by atomic mass is 9.85. The standard InChI is InChI=1S/C30H27F2N9O3/c1-14(42)24-25(17-7-18-4-5-19(8-17)40(18)30(43)28-35-13-36-39-28)38-29-20(12-37-41(29)27(24)33)15-3-6-23(34-11-15)16-9-21(31)26(44-2)22(32)10-16/h3,6,9-13,17-19H,4-5,7-8,33H2,1-2H3,(H,35,36,39)/t17-,18-,19?/m0/s1. The molecule has 3 N–H and O–H groups in total. The Kier molecular flexibility index (Phi) is 6.56. The Morgan fingerprint density at radius 1 is 1.07 bits per heavy atom. The summed E-state index contributed by atoms with van der Waals surface area (Å²) in [7, 11) is 1.20. The number of piperidine rings is 1. The number of hydrogen-bond acceptors (Lipinski definition) is 9. The third-order valence-electron chi connectivity index (χ3n) is 8.61. The highest BCUT2D eigenvalue weighted by Gasteiger charge is 2.45. The molecular formula is C30H27F2N9O3. The maximum absolute atomic E-state index is 14.3. The summed E-state index contributed by atoms with van der Waals surface area (Å²) in [4.78, 5) is 40.1. The quantitative estimate of drug-likeness (QED) is 0.273. The van der Waals surface area contributed by atoms with E-state index in [0.29, 0.717) is 46.6 Å². The minimum atomic E-state index is -0.828. The number of ketones is 1. The number of nitrogens with one attached hydrogen (secondary N) is 1. The first-order valence-corrected chi connectivity index (χ1v) is 14.1. The lowest BCUT2D eigenvalue weighted by Gasteiger charge is -2.38. The maximum atomic E-state index is 14.3. The first-order valence-electron chi connectivity index (χ1n) is 14.1. The van der Waals surface area contributed by atoms with Crippen LogP contribution in [0, 0.1) is 11.6 Å². The number of amides is 1. The number of aromatic nitrogens is 7. The second-order valence-corrected chi connectivity index (χ2v) is 11.1. The molecule has 2 aliphatic heterocycles. The van der Waals surface area contributed by atoms with Crippen molar-refractivity contribution in [1.82, 2.24) is 39.7 Å². The van der Waals surface area contributed by atoms with Crippen molar-refractivity contribution in [1.29, 1.82) is 0 Å². The number of carbonyl (C=O) groups is 2. The molecule has 14 heteroatoms. The Morgan fingerprint density at radius 3 is 2.39 bits per heavy atom. The predicted octanol–water partition coefficient (Wildman–Crippen LogP) is 4.20. The van der Waals surface area contributed by atoms with Crippen LogP contribution in [0.2, 0.25) is 0 Å². The number of halogens is 2. The first kappa shape index (κ1) is 27.6. The van der Waals surface area contributed by atoms with Crippen molar-refractivity contribution >= 4 is 23.2 Å². The summed E-state index contributed by atoms with van der Waals surface area (Å²) in [6, 6.07) is 5.65. The number of rotatable bonds is 6. The van der Waals surface area contributed by atoms with E-state index in [1.54, 1.807) is 24.5 Å². The van der Waals surface area contributed by atoms with Crippen LogP contribution in [0.25, 0.3) is 28.0 Å². The third kappa shape index (κ3) is 4.36. The molecule has 4 aromatic heterocycles. The van der Waals surface area contributed by atoms with E-state index >= 15 is 0 Å². The Labute approximate surface area is 249 Å². The molecular weight excluding hydrogens is 572 g/mol. The van der Waals surface area contributed by atoms with E-state index in [1.807, 2.05) is 4.90 Å². The predicted molar refractivity (Wildman–Crippen MR) is 154 cm³/mol. The molecule has 0 spiro atoms. The van der Waals surface area contributed by atoms with Gasteiger partial charge >= 0.3 is 0 Å². The number of anilines is 1. The zero-order valence-electron chi connectivity index (χ0n) is 23.8. The minimum Gasteiger partial charge on any atom is -0.491 e. The number of pyridine rings is 1. The SMILES string of the molecule is COc1c(F)cc(-c2ccc(-c3cnn4c(N)c(C(C)=O)c([C@@H]5CC6CC[C@@H](C5)N6C(=O)c5nnc[nH]5)nc34)cn2)cc1F. The Hall–Kier alpha value is -5.27. The lowest BCUT2D eigenvalue weighted by molar-refractivity contribution is 0.0556. The molecule has 3 atom stereocenters. The van der Waals surface area contributed by atoms with Crippen molar-refractivity contribution in [3.05, 3.63) is 71.7 Å². The van der Waals surface area contributed by atoms with Gasteiger partial charge in [-0.25, -0.2) is 13.8 Å². The van der Waals surface area contributed by atoms with E-state index in [9.17, 15) is 18.4 Å². The second-order valence-electron chi connectivity index (χ2n) is 11.1. The van der Waals surface area contributed by atoms with Crippen LogP contribution in [0.15, 0.2) is 43.0 Å². The van der Waals surface area contributed by atoms with E-state index in [2.05, 4.69) is 25.3 Å². The minimum absolute atomic E-state index is 0.0378. The van der Waals surface area contributed by atoms with Gasteiger partial charge in [-0.1, -0.05) is 6.07 Å². The molecule has 7 rings (SSSR count). The number of methoxy groups -OCH3 is 1. The normalized spacial score (nSPS) is 19.5. The van der Waals surface area contributed by atoms with Gasteiger partial charge in [-0.05, 0) is 50.8 Å². The number of carbonyl (C=O) groups excluding carboxylic acids is 2. The van der Waals surface area contributed by atoms with E-state index in [0.717, 1.165) is 25.0 Å². The zero-order chi connectivity index (χ0) is 30.7. The van der Waals surface area contributed by atoms with Gasteiger partial charge in [-0.3, -0.25) is 14.6 Å². The van der Waals surface area contributed by atoms with Crippen LogP contribution in [0.1, 0.15) is 65.2 Å². The summed E-state index contributed by atoms with van der Waals surface area (Å²) < 4.78 is 34.8. The summed E-state index contributed by atoms with van der Waals surface area (Å²) in [5.41, 5.74) is 9.81. The smallest absolute Gasteiger partial charge is 0.292 e. The van der Waals surface area contributed by atoms with E-state index in [-0.39, 0.29) is 46.9 Å². The van der Waals surface area contributed by atoms with Crippen molar-refractivity contribution in [2.45, 2.75) is 50.6 Å². The summed E-state index contributed by atoms with van der Waals surface area (Å²) in [6.45, 7) is 1.46. The van der Waals surface area contributed by atoms with Gasteiger partial charge in [0.25, 0.3) is 5.91 Å². The number of nitrogen functional groups attached to an aromatic ring is 1. The van der Waals surface area contributed by atoms with Gasteiger partial charge < -0.3 is 20.4 Å². The van der Waals surface area contributed by atoms with E-state index in [4.69, 9.17) is 15.5 Å². The van der Waals surface area contributed by atoms with Crippen LogP contribution in [-0.4, -0.2) is 70.5 Å².